The molecule has 0 fully saturated rings. The average Bonchev–Trinajstić information content (AvgIpc) is 2.03. The molecule has 1 aromatic carbocycles. The Hall–Kier alpha value is -1.71. The van der Waals surface area contributed by atoms with Crippen LogP contribution in [0.25, 0.3) is 0 Å². The second-order valence-electron chi connectivity index (χ2n) is 2.70. The molecule has 13 heavy (non-hydrogen) atoms. The highest BCUT2D eigenvalue weighted by Crippen LogP contribution is 2.11. The van der Waals surface area contributed by atoms with Gasteiger partial charge in [0.25, 0.3) is 0 Å². The molecule has 0 atom stereocenters. The van der Waals surface area contributed by atoms with Gasteiger partial charge in [0, 0.05) is 17.9 Å². The topological polar surface area (TPSA) is 75.3 Å². The van der Waals surface area contributed by atoms with E-state index in [4.69, 9.17) is 10.8 Å². The first kappa shape index (κ1) is 9.38. The molecule has 0 amide bonds. The zero-order valence-corrected chi connectivity index (χ0v) is 7.16. The van der Waals surface area contributed by atoms with E-state index in [1.165, 1.54) is 0 Å². The summed E-state index contributed by atoms with van der Waals surface area (Å²) < 4.78 is 0. The molecule has 4 heteroatoms. The first-order valence-corrected chi connectivity index (χ1v) is 3.99. The number of nitrogen functional groups attached to an aromatic ring is 1. The molecule has 4 N–H and O–H groups in total. The Morgan fingerprint density at radius 2 is 2.31 bits per heavy atom. The molecule has 0 aliphatic rings. The van der Waals surface area contributed by atoms with E-state index >= 15 is 0 Å². The van der Waals surface area contributed by atoms with Crippen molar-refractivity contribution in [2.24, 2.45) is 0 Å². The van der Waals surface area contributed by atoms with Gasteiger partial charge in [0.2, 0.25) is 0 Å². The van der Waals surface area contributed by atoms with Crippen LogP contribution in [0.4, 0.5) is 11.4 Å². The second-order valence-corrected chi connectivity index (χ2v) is 2.70. The highest BCUT2D eigenvalue weighted by atomic mass is 16.4. The third kappa shape index (κ3) is 3.46. The zero-order valence-electron chi connectivity index (χ0n) is 7.16. The van der Waals surface area contributed by atoms with Crippen LogP contribution in [-0.4, -0.2) is 17.6 Å². The van der Waals surface area contributed by atoms with Crippen molar-refractivity contribution in [3.8, 4) is 0 Å². The summed E-state index contributed by atoms with van der Waals surface area (Å²) >= 11 is 0. The smallest absolute Gasteiger partial charge is 0.305 e. The van der Waals surface area contributed by atoms with E-state index in [2.05, 4.69) is 5.32 Å². The normalized spacial score (nSPS) is 9.54. The molecule has 1 rings (SSSR count). The van der Waals surface area contributed by atoms with Gasteiger partial charge < -0.3 is 16.2 Å². The quantitative estimate of drug-likeness (QED) is 0.608. The van der Waals surface area contributed by atoms with E-state index in [9.17, 15) is 4.79 Å². The van der Waals surface area contributed by atoms with Gasteiger partial charge in [-0.05, 0) is 18.2 Å². The predicted octanol–water partition coefficient (Wildman–Crippen LogP) is 1.16. The SMILES string of the molecule is Nc1cccc(NCCC(=O)O)c1. The Balaban J connectivity index is 2.41. The standard InChI is InChI=1S/C9H12N2O2/c10-7-2-1-3-8(6-7)11-5-4-9(12)13/h1-3,6,11H,4-5,10H2,(H,12,13). The molecule has 0 heterocycles. The molecule has 0 aliphatic heterocycles. The first-order chi connectivity index (χ1) is 6.18. The van der Waals surface area contributed by atoms with Crippen molar-refractivity contribution in [3.63, 3.8) is 0 Å². The van der Waals surface area contributed by atoms with Crippen molar-refractivity contribution >= 4 is 17.3 Å². The Labute approximate surface area is 76.4 Å². The lowest BCUT2D eigenvalue weighted by molar-refractivity contribution is -0.136. The summed E-state index contributed by atoms with van der Waals surface area (Å²) in [7, 11) is 0. The van der Waals surface area contributed by atoms with Crippen molar-refractivity contribution in [1.29, 1.82) is 0 Å². The maximum Gasteiger partial charge on any atom is 0.305 e. The van der Waals surface area contributed by atoms with Gasteiger partial charge >= 0.3 is 5.97 Å². The third-order valence-corrected chi connectivity index (χ3v) is 1.55. The van der Waals surface area contributed by atoms with Crippen molar-refractivity contribution in [2.75, 3.05) is 17.6 Å². The van der Waals surface area contributed by atoms with Crippen LogP contribution in [0.3, 0.4) is 0 Å². The number of benzene rings is 1. The largest absolute Gasteiger partial charge is 0.481 e. The third-order valence-electron chi connectivity index (χ3n) is 1.55. The monoisotopic (exact) mass is 180 g/mol. The van der Waals surface area contributed by atoms with E-state index in [1.807, 2.05) is 12.1 Å². The molecule has 0 aliphatic carbocycles. The fourth-order valence-corrected chi connectivity index (χ4v) is 0.962. The fraction of sp³-hybridized carbons (Fsp3) is 0.222. The van der Waals surface area contributed by atoms with Gasteiger partial charge in [0.05, 0.1) is 6.42 Å². The molecular formula is C9H12N2O2. The lowest BCUT2D eigenvalue weighted by Crippen LogP contribution is -2.07. The molecule has 70 valence electrons. The number of carbonyl (C=O) groups is 1. The Morgan fingerprint density at radius 3 is 2.92 bits per heavy atom. The van der Waals surface area contributed by atoms with Crippen LogP contribution < -0.4 is 11.1 Å². The summed E-state index contributed by atoms with van der Waals surface area (Å²) in [6, 6.07) is 7.21. The molecule has 4 nitrogen and oxygen atoms in total. The maximum absolute atomic E-state index is 10.2. The Morgan fingerprint density at radius 1 is 1.54 bits per heavy atom. The molecule has 0 radical (unpaired) electrons. The average molecular weight is 180 g/mol. The van der Waals surface area contributed by atoms with Crippen molar-refractivity contribution < 1.29 is 9.90 Å². The predicted molar refractivity (Wildman–Crippen MR) is 51.6 cm³/mol. The van der Waals surface area contributed by atoms with E-state index in [0.717, 1.165) is 5.69 Å². The number of carboxylic acid groups (broad SMARTS) is 1. The summed E-state index contributed by atoms with van der Waals surface area (Å²) in [5, 5.41) is 11.3. The highest BCUT2D eigenvalue weighted by Gasteiger charge is 1.96. The number of nitrogens with one attached hydrogen (secondary N) is 1. The van der Waals surface area contributed by atoms with Gasteiger partial charge in [-0.15, -0.1) is 0 Å². The summed E-state index contributed by atoms with van der Waals surface area (Å²) in [5.41, 5.74) is 7.05. The molecule has 0 aromatic heterocycles. The van der Waals surface area contributed by atoms with E-state index < -0.39 is 5.97 Å². The van der Waals surface area contributed by atoms with Crippen molar-refractivity contribution in [1.82, 2.24) is 0 Å². The minimum absolute atomic E-state index is 0.106. The molecule has 0 saturated carbocycles. The second kappa shape index (κ2) is 4.35. The number of carboxylic acids is 1. The molecule has 1 aromatic rings. The number of anilines is 2. The number of nitrogens with two attached hydrogens (primary N) is 1. The van der Waals surface area contributed by atoms with Gasteiger partial charge in [-0.2, -0.15) is 0 Å². The highest BCUT2D eigenvalue weighted by molar-refractivity contribution is 5.67. The summed E-state index contributed by atoms with van der Waals surface area (Å²) in [6.07, 6.45) is 0.106. The van der Waals surface area contributed by atoms with Crippen LogP contribution in [0.1, 0.15) is 6.42 Å². The maximum atomic E-state index is 10.2. The van der Waals surface area contributed by atoms with Crippen LogP contribution in [-0.2, 0) is 4.79 Å². The Kier molecular flexibility index (Phi) is 3.14. The molecule has 0 bridgehead atoms. The molecule has 0 spiro atoms. The van der Waals surface area contributed by atoms with E-state index in [-0.39, 0.29) is 6.42 Å². The number of hydrogen-bond acceptors (Lipinski definition) is 3. The minimum Gasteiger partial charge on any atom is -0.481 e. The van der Waals surface area contributed by atoms with Crippen molar-refractivity contribution in [3.05, 3.63) is 24.3 Å². The van der Waals surface area contributed by atoms with Gasteiger partial charge in [-0.3, -0.25) is 4.79 Å². The van der Waals surface area contributed by atoms with E-state index in [0.29, 0.717) is 12.2 Å². The minimum atomic E-state index is -0.809. The number of hydrogen-bond donors (Lipinski definition) is 3. The Bertz CT molecular complexity index is 299. The fourth-order valence-electron chi connectivity index (χ4n) is 0.962. The van der Waals surface area contributed by atoms with Crippen LogP contribution in [0.15, 0.2) is 24.3 Å². The summed E-state index contributed by atoms with van der Waals surface area (Å²) in [4.78, 5) is 10.2. The van der Waals surface area contributed by atoms with Gasteiger partial charge in [-0.1, -0.05) is 6.07 Å². The lowest BCUT2D eigenvalue weighted by Gasteiger charge is -2.04. The zero-order chi connectivity index (χ0) is 9.68. The molecule has 0 saturated heterocycles. The summed E-state index contributed by atoms with van der Waals surface area (Å²) in [5.74, 6) is -0.809. The van der Waals surface area contributed by atoms with Crippen LogP contribution in [0.5, 0.6) is 0 Å². The van der Waals surface area contributed by atoms with Gasteiger partial charge in [-0.25, -0.2) is 0 Å². The molecular weight excluding hydrogens is 168 g/mol. The molecule has 0 unspecified atom stereocenters. The van der Waals surface area contributed by atoms with E-state index in [1.54, 1.807) is 12.1 Å². The lowest BCUT2D eigenvalue weighted by atomic mass is 10.3. The first-order valence-electron chi connectivity index (χ1n) is 3.99. The number of aliphatic carboxylic acids is 1. The number of rotatable bonds is 4. The van der Waals surface area contributed by atoms with Crippen molar-refractivity contribution in [2.45, 2.75) is 6.42 Å². The van der Waals surface area contributed by atoms with Gasteiger partial charge in [0.15, 0.2) is 0 Å². The summed E-state index contributed by atoms with van der Waals surface area (Å²) in [6.45, 7) is 0.415. The van der Waals surface area contributed by atoms with Crippen LogP contribution >= 0.6 is 0 Å². The van der Waals surface area contributed by atoms with Crippen LogP contribution in [0.2, 0.25) is 0 Å². The van der Waals surface area contributed by atoms with Crippen LogP contribution in [0, 0.1) is 0 Å². The van der Waals surface area contributed by atoms with Gasteiger partial charge in [0.1, 0.15) is 0 Å².